The van der Waals surface area contributed by atoms with Crippen molar-refractivity contribution in [1.82, 2.24) is 5.32 Å². The molecule has 22 heavy (non-hydrogen) atoms. The second-order valence-corrected chi connectivity index (χ2v) is 6.15. The van der Waals surface area contributed by atoms with Gasteiger partial charge < -0.3 is 15.4 Å². The predicted molar refractivity (Wildman–Crippen MR) is 97.1 cm³/mol. The molecular formula is C17H19IN2O2. The number of halogens is 1. The molecule has 0 saturated heterocycles. The molecule has 0 bridgehead atoms. The Balaban J connectivity index is 1.90. The average Bonchev–Trinajstić information content (AvgIpc) is 2.54. The van der Waals surface area contributed by atoms with Crippen molar-refractivity contribution in [2.24, 2.45) is 0 Å². The molecule has 2 rings (SSSR count). The van der Waals surface area contributed by atoms with Crippen LogP contribution in [-0.4, -0.2) is 19.1 Å². The van der Waals surface area contributed by atoms with Gasteiger partial charge in [0, 0.05) is 21.4 Å². The standard InChI is InChI=1S/C17H19IN2O2/c1-12(20-15-9-7-14(18)8-10-15)17(21)19-11-13-5-3-4-6-16(13)22-2/h3-10,12,20H,11H2,1-2H3,(H,19,21)/t12-/m0/s1. The van der Waals surface area contributed by atoms with Gasteiger partial charge in [-0.25, -0.2) is 0 Å². The van der Waals surface area contributed by atoms with Crippen molar-refractivity contribution in [3.05, 3.63) is 57.7 Å². The Labute approximate surface area is 144 Å². The maximum absolute atomic E-state index is 12.2. The first-order valence-electron chi connectivity index (χ1n) is 7.02. The van der Waals surface area contributed by atoms with Gasteiger partial charge in [-0.1, -0.05) is 18.2 Å². The Bertz CT molecular complexity index is 629. The minimum absolute atomic E-state index is 0.0514. The molecule has 0 saturated carbocycles. The molecule has 0 aliphatic heterocycles. The highest BCUT2D eigenvalue weighted by molar-refractivity contribution is 14.1. The summed E-state index contributed by atoms with van der Waals surface area (Å²) in [6, 6.07) is 15.3. The second kappa shape index (κ2) is 8.03. The van der Waals surface area contributed by atoms with Crippen molar-refractivity contribution in [3.8, 4) is 5.75 Å². The molecule has 2 N–H and O–H groups in total. The summed E-state index contributed by atoms with van der Waals surface area (Å²) in [4.78, 5) is 12.2. The van der Waals surface area contributed by atoms with Crippen molar-refractivity contribution < 1.29 is 9.53 Å². The summed E-state index contributed by atoms with van der Waals surface area (Å²) in [6.45, 7) is 2.29. The first-order chi connectivity index (χ1) is 10.6. The molecule has 0 unspecified atom stereocenters. The first-order valence-corrected chi connectivity index (χ1v) is 8.09. The van der Waals surface area contributed by atoms with Crippen LogP contribution in [0.2, 0.25) is 0 Å². The third-order valence-electron chi connectivity index (χ3n) is 3.27. The van der Waals surface area contributed by atoms with Crippen LogP contribution in [0.1, 0.15) is 12.5 Å². The fourth-order valence-corrected chi connectivity index (χ4v) is 2.41. The molecule has 0 heterocycles. The van der Waals surface area contributed by atoms with Gasteiger partial charge in [-0.05, 0) is 59.8 Å². The lowest BCUT2D eigenvalue weighted by Gasteiger charge is -2.16. The third kappa shape index (κ3) is 4.62. The van der Waals surface area contributed by atoms with E-state index in [0.29, 0.717) is 6.54 Å². The number of rotatable bonds is 6. The van der Waals surface area contributed by atoms with Crippen LogP contribution < -0.4 is 15.4 Å². The number of methoxy groups -OCH3 is 1. The van der Waals surface area contributed by atoms with E-state index in [-0.39, 0.29) is 11.9 Å². The number of carbonyl (C=O) groups is 1. The summed E-state index contributed by atoms with van der Waals surface area (Å²) in [7, 11) is 1.63. The molecule has 4 nitrogen and oxygen atoms in total. The zero-order chi connectivity index (χ0) is 15.9. The Morgan fingerprint density at radius 3 is 2.55 bits per heavy atom. The summed E-state index contributed by atoms with van der Waals surface area (Å²) in [6.07, 6.45) is 0. The minimum atomic E-state index is -0.310. The number of ether oxygens (including phenoxy) is 1. The zero-order valence-corrected chi connectivity index (χ0v) is 14.8. The van der Waals surface area contributed by atoms with Crippen LogP contribution in [0.5, 0.6) is 5.75 Å². The molecule has 2 aromatic rings. The summed E-state index contributed by atoms with van der Waals surface area (Å²) < 4.78 is 6.44. The van der Waals surface area contributed by atoms with E-state index < -0.39 is 0 Å². The quantitative estimate of drug-likeness (QED) is 0.718. The van der Waals surface area contributed by atoms with E-state index in [1.807, 2.05) is 55.5 Å². The van der Waals surface area contributed by atoms with Gasteiger partial charge in [0.25, 0.3) is 0 Å². The fourth-order valence-electron chi connectivity index (χ4n) is 2.05. The average molecular weight is 410 g/mol. The lowest BCUT2D eigenvalue weighted by Crippen LogP contribution is -2.37. The Hall–Kier alpha value is -1.76. The zero-order valence-electron chi connectivity index (χ0n) is 12.6. The largest absolute Gasteiger partial charge is 0.496 e. The topological polar surface area (TPSA) is 50.4 Å². The van der Waals surface area contributed by atoms with Crippen molar-refractivity contribution >= 4 is 34.2 Å². The van der Waals surface area contributed by atoms with Crippen LogP contribution in [0.25, 0.3) is 0 Å². The van der Waals surface area contributed by atoms with Crippen LogP contribution in [0.15, 0.2) is 48.5 Å². The van der Waals surface area contributed by atoms with Gasteiger partial charge in [0.1, 0.15) is 11.8 Å². The van der Waals surface area contributed by atoms with E-state index in [9.17, 15) is 4.79 Å². The molecule has 0 aliphatic rings. The molecule has 0 aromatic heterocycles. The molecule has 0 aliphatic carbocycles. The summed E-state index contributed by atoms with van der Waals surface area (Å²) in [5, 5.41) is 6.11. The first kappa shape index (κ1) is 16.6. The highest BCUT2D eigenvalue weighted by atomic mass is 127. The van der Waals surface area contributed by atoms with Crippen LogP contribution >= 0.6 is 22.6 Å². The fraction of sp³-hybridized carbons (Fsp3) is 0.235. The maximum atomic E-state index is 12.2. The van der Waals surface area contributed by atoms with Crippen LogP contribution in [-0.2, 0) is 11.3 Å². The highest BCUT2D eigenvalue weighted by Crippen LogP contribution is 2.17. The van der Waals surface area contributed by atoms with Gasteiger partial charge >= 0.3 is 0 Å². The van der Waals surface area contributed by atoms with Crippen molar-refractivity contribution in [2.45, 2.75) is 19.5 Å². The van der Waals surface area contributed by atoms with Gasteiger partial charge in [0.05, 0.1) is 7.11 Å². The Kier molecular flexibility index (Phi) is 6.06. The molecule has 0 spiro atoms. The smallest absolute Gasteiger partial charge is 0.242 e. The lowest BCUT2D eigenvalue weighted by molar-refractivity contribution is -0.121. The number of nitrogens with one attached hydrogen (secondary N) is 2. The molecule has 0 radical (unpaired) electrons. The van der Waals surface area contributed by atoms with E-state index in [1.54, 1.807) is 7.11 Å². The van der Waals surface area contributed by atoms with Crippen LogP contribution in [0, 0.1) is 3.57 Å². The number of hydrogen-bond donors (Lipinski definition) is 2. The number of amides is 1. The summed E-state index contributed by atoms with van der Waals surface area (Å²) >= 11 is 2.25. The number of hydrogen-bond acceptors (Lipinski definition) is 3. The summed E-state index contributed by atoms with van der Waals surface area (Å²) in [5.41, 5.74) is 1.89. The van der Waals surface area contributed by atoms with E-state index in [2.05, 4.69) is 33.2 Å². The normalized spacial score (nSPS) is 11.6. The summed E-state index contributed by atoms with van der Waals surface area (Å²) in [5.74, 6) is 0.727. The van der Waals surface area contributed by atoms with Gasteiger partial charge in [0.15, 0.2) is 0 Å². The number of benzene rings is 2. The monoisotopic (exact) mass is 410 g/mol. The number of carbonyl (C=O) groups excluding carboxylic acids is 1. The molecule has 116 valence electrons. The molecule has 2 aromatic carbocycles. The van der Waals surface area contributed by atoms with Crippen molar-refractivity contribution in [1.29, 1.82) is 0 Å². The number of anilines is 1. The highest BCUT2D eigenvalue weighted by Gasteiger charge is 2.13. The van der Waals surface area contributed by atoms with E-state index in [4.69, 9.17) is 4.74 Å². The molecule has 1 amide bonds. The molecular weight excluding hydrogens is 391 g/mol. The van der Waals surface area contributed by atoms with Crippen LogP contribution in [0.3, 0.4) is 0 Å². The van der Waals surface area contributed by atoms with E-state index in [1.165, 1.54) is 0 Å². The molecule has 5 heteroatoms. The second-order valence-electron chi connectivity index (χ2n) is 4.90. The predicted octanol–water partition coefficient (Wildman–Crippen LogP) is 3.42. The van der Waals surface area contributed by atoms with Crippen LogP contribution in [0.4, 0.5) is 5.69 Å². The van der Waals surface area contributed by atoms with Crippen molar-refractivity contribution in [3.63, 3.8) is 0 Å². The minimum Gasteiger partial charge on any atom is -0.496 e. The molecule has 0 fully saturated rings. The van der Waals surface area contributed by atoms with E-state index >= 15 is 0 Å². The van der Waals surface area contributed by atoms with Gasteiger partial charge in [-0.3, -0.25) is 4.79 Å². The van der Waals surface area contributed by atoms with Gasteiger partial charge in [-0.15, -0.1) is 0 Å². The Morgan fingerprint density at radius 2 is 1.86 bits per heavy atom. The SMILES string of the molecule is COc1ccccc1CNC(=O)[C@H](C)Nc1ccc(I)cc1. The number of para-hydroxylation sites is 1. The van der Waals surface area contributed by atoms with Gasteiger partial charge in [-0.2, -0.15) is 0 Å². The maximum Gasteiger partial charge on any atom is 0.242 e. The third-order valence-corrected chi connectivity index (χ3v) is 3.99. The molecule has 1 atom stereocenters. The van der Waals surface area contributed by atoms with Gasteiger partial charge in [0.2, 0.25) is 5.91 Å². The lowest BCUT2D eigenvalue weighted by atomic mass is 10.2. The Morgan fingerprint density at radius 1 is 1.18 bits per heavy atom. The van der Waals surface area contributed by atoms with E-state index in [0.717, 1.165) is 20.6 Å². The van der Waals surface area contributed by atoms with Crippen molar-refractivity contribution in [2.75, 3.05) is 12.4 Å².